The zero-order valence-electron chi connectivity index (χ0n) is 14.3. The minimum absolute atomic E-state index is 0.0189. The molecule has 2 heterocycles. The summed E-state index contributed by atoms with van der Waals surface area (Å²) in [5, 5.41) is 14.8. The standard InChI is InChI=1S/C16H21N5O4/c1-12(16-17-15(11-24-2)18-25-16)19-6-8-20(9-7-19)13-4-3-5-14(10-13)21(22)23/h3-5,10,12H,6-9,11H2,1-2H3/t12-/m1/s1. The van der Waals surface area contributed by atoms with Crippen LogP contribution in [0.25, 0.3) is 0 Å². The first kappa shape index (κ1) is 17.3. The highest BCUT2D eigenvalue weighted by atomic mass is 16.6. The smallest absolute Gasteiger partial charge is 0.271 e. The first-order valence-electron chi connectivity index (χ1n) is 8.13. The Balaban J connectivity index is 1.61. The molecular formula is C16H21N5O4. The zero-order valence-corrected chi connectivity index (χ0v) is 14.3. The number of hydrogen-bond acceptors (Lipinski definition) is 8. The third-order valence-electron chi connectivity index (χ3n) is 4.38. The van der Waals surface area contributed by atoms with E-state index in [4.69, 9.17) is 9.26 Å². The molecule has 1 aliphatic rings. The maximum atomic E-state index is 10.9. The first-order chi connectivity index (χ1) is 12.1. The fourth-order valence-corrected chi connectivity index (χ4v) is 2.95. The number of benzene rings is 1. The van der Waals surface area contributed by atoms with Gasteiger partial charge in [0.15, 0.2) is 5.82 Å². The van der Waals surface area contributed by atoms with Crippen LogP contribution in [0.4, 0.5) is 11.4 Å². The predicted octanol–water partition coefficient (Wildman–Crippen LogP) is 2.01. The summed E-state index contributed by atoms with van der Waals surface area (Å²) in [6.45, 7) is 5.55. The molecule has 1 aromatic carbocycles. The topological polar surface area (TPSA) is 97.8 Å². The van der Waals surface area contributed by atoms with E-state index in [2.05, 4.69) is 19.9 Å². The second kappa shape index (κ2) is 7.58. The number of nitrogens with zero attached hydrogens (tertiary/aromatic N) is 5. The van der Waals surface area contributed by atoms with Gasteiger partial charge in [-0.3, -0.25) is 15.0 Å². The number of methoxy groups -OCH3 is 1. The van der Waals surface area contributed by atoms with Crippen molar-refractivity contribution in [2.75, 3.05) is 38.2 Å². The van der Waals surface area contributed by atoms with Crippen LogP contribution in [0.1, 0.15) is 24.7 Å². The van der Waals surface area contributed by atoms with Crippen molar-refractivity contribution in [3.63, 3.8) is 0 Å². The van der Waals surface area contributed by atoms with Gasteiger partial charge in [0.2, 0.25) is 5.89 Å². The molecule has 0 saturated carbocycles. The molecule has 1 aliphatic heterocycles. The van der Waals surface area contributed by atoms with E-state index in [0.717, 1.165) is 31.9 Å². The highest BCUT2D eigenvalue weighted by Crippen LogP contribution is 2.25. The molecule has 1 saturated heterocycles. The van der Waals surface area contributed by atoms with E-state index in [1.807, 2.05) is 13.0 Å². The molecule has 0 spiro atoms. The average Bonchev–Trinajstić information content (AvgIpc) is 3.10. The molecule has 9 nitrogen and oxygen atoms in total. The monoisotopic (exact) mass is 347 g/mol. The molecular weight excluding hydrogens is 326 g/mol. The summed E-state index contributed by atoms with van der Waals surface area (Å²) in [4.78, 5) is 19.3. The van der Waals surface area contributed by atoms with Crippen LogP contribution >= 0.6 is 0 Å². The molecule has 1 aromatic heterocycles. The number of ether oxygens (including phenoxy) is 1. The molecule has 0 radical (unpaired) electrons. The lowest BCUT2D eigenvalue weighted by Crippen LogP contribution is -2.47. The minimum atomic E-state index is -0.366. The number of non-ortho nitro benzene ring substituents is 1. The largest absolute Gasteiger partial charge is 0.377 e. The molecule has 0 amide bonds. The number of hydrogen-bond donors (Lipinski definition) is 0. The zero-order chi connectivity index (χ0) is 17.8. The summed E-state index contributed by atoms with van der Waals surface area (Å²) in [5.74, 6) is 1.12. The van der Waals surface area contributed by atoms with E-state index in [9.17, 15) is 10.1 Å². The van der Waals surface area contributed by atoms with Gasteiger partial charge in [-0.15, -0.1) is 0 Å². The normalized spacial score (nSPS) is 16.8. The van der Waals surface area contributed by atoms with Crippen molar-refractivity contribution in [2.45, 2.75) is 19.6 Å². The molecule has 9 heteroatoms. The van der Waals surface area contributed by atoms with Crippen LogP contribution in [0.3, 0.4) is 0 Å². The van der Waals surface area contributed by atoms with Gasteiger partial charge in [-0.1, -0.05) is 11.2 Å². The maximum absolute atomic E-state index is 10.9. The second-order valence-corrected chi connectivity index (χ2v) is 5.96. The highest BCUT2D eigenvalue weighted by Gasteiger charge is 2.26. The molecule has 2 aromatic rings. The third-order valence-corrected chi connectivity index (χ3v) is 4.38. The molecule has 0 unspecified atom stereocenters. The van der Waals surface area contributed by atoms with Gasteiger partial charge in [0.1, 0.15) is 6.61 Å². The fraction of sp³-hybridized carbons (Fsp3) is 0.500. The predicted molar refractivity (Wildman–Crippen MR) is 90.3 cm³/mol. The highest BCUT2D eigenvalue weighted by molar-refractivity contribution is 5.53. The first-order valence-corrected chi connectivity index (χ1v) is 8.13. The van der Waals surface area contributed by atoms with E-state index in [-0.39, 0.29) is 16.7 Å². The van der Waals surface area contributed by atoms with Gasteiger partial charge in [-0.2, -0.15) is 4.98 Å². The fourth-order valence-electron chi connectivity index (χ4n) is 2.95. The summed E-state index contributed by atoms with van der Waals surface area (Å²) < 4.78 is 10.3. The van der Waals surface area contributed by atoms with Crippen LogP contribution in [-0.4, -0.2) is 53.3 Å². The van der Waals surface area contributed by atoms with Crippen molar-refractivity contribution < 1.29 is 14.2 Å². The van der Waals surface area contributed by atoms with Crippen LogP contribution in [0.2, 0.25) is 0 Å². The molecule has 25 heavy (non-hydrogen) atoms. The van der Waals surface area contributed by atoms with Crippen LogP contribution in [0.15, 0.2) is 28.8 Å². The number of rotatable bonds is 6. The van der Waals surface area contributed by atoms with E-state index < -0.39 is 0 Å². The molecule has 0 aliphatic carbocycles. The number of anilines is 1. The Morgan fingerprint density at radius 1 is 1.36 bits per heavy atom. The lowest BCUT2D eigenvalue weighted by atomic mass is 10.2. The number of nitro groups is 1. The summed E-state index contributed by atoms with van der Waals surface area (Å²) in [5.41, 5.74) is 0.992. The Hall–Kier alpha value is -2.52. The molecule has 1 fully saturated rings. The van der Waals surface area contributed by atoms with E-state index >= 15 is 0 Å². The number of aromatic nitrogens is 2. The number of nitro benzene ring substituents is 1. The SMILES string of the molecule is COCc1noc([C@@H](C)N2CCN(c3cccc([N+](=O)[O-])c3)CC2)n1. The lowest BCUT2D eigenvalue weighted by molar-refractivity contribution is -0.384. The molecule has 0 bridgehead atoms. The molecule has 1 atom stereocenters. The molecule has 134 valence electrons. The van der Waals surface area contributed by atoms with Crippen molar-refractivity contribution in [1.29, 1.82) is 0 Å². The summed E-state index contributed by atoms with van der Waals surface area (Å²) >= 11 is 0. The Labute approximate surface area is 145 Å². The van der Waals surface area contributed by atoms with Crippen molar-refractivity contribution in [2.24, 2.45) is 0 Å². The van der Waals surface area contributed by atoms with Gasteiger partial charge < -0.3 is 14.2 Å². The van der Waals surface area contributed by atoms with Gasteiger partial charge in [0.25, 0.3) is 5.69 Å². The van der Waals surface area contributed by atoms with Crippen LogP contribution in [-0.2, 0) is 11.3 Å². The van der Waals surface area contributed by atoms with Gasteiger partial charge in [0, 0.05) is 51.1 Å². The third kappa shape index (κ3) is 3.94. The maximum Gasteiger partial charge on any atom is 0.271 e. The van der Waals surface area contributed by atoms with Gasteiger partial charge in [-0.25, -0.2) is 0 Å². The van der Waals surface area contributed by atoms with Crippen LogP contribution < -0.4 is 4.90 Å². The van der Waals surface area contributed by atoms with Gasteiger partial charge in [-0.05, 0) is 13.0 Å². The van der Waals surface area contributed by atoms with Crippen molar-refractivity contribution in [1.82, 2.24) is 15.0 Å². The Kier molecular flexibility index (Phi) is 5.25. The van der Waals surface area contributed by atoms with Crippen molar-refractivity contribution >= 4 is 11.4 Å². The summed E-state index contributed by atoms with van der Waals surface area (Å²) in [6.07, 6.45) is 0. The van der Waals surface area contributed by atoms with E-state index in [0.29, 0.717) is 18.3 Å². The minimum Gasteiger partial charge on any atom is -0.377 e. The van der Waals surface area contributed by atoms with E-state index in [1.54, 1.807) is 19.2 Å². The second-order valence-electron chi connectivity index (χ2n) is 5.96. The van der Waals surface area contributed by atoms with Crippen LogP contribution in [0.5, 0.6) is 0 Å². The van der Waals surface area contributed by atoms with Crippen molar-refractivity contribution in [3.8, 4) is 0 Å². The van der Waals surface area contributed by atoms with E-state index in [1.165, 1.54) is 6.07 Å². The average molecular weight is 347 g/mol. The Bertz CT molecular complexity index is 727. The number of piperazine rings is 1. The molecule has 3 rings (SSSR count). The summed E-state index contributed by atoms with van der Waals surface area (Å²) in [7, 11) is 1.59. The van der Waals surface area contributed by atoms with Gasteiger partial charge in [0.05, 0.1) is 11.0 Å². The Morgan fingerprint density at radius 3 is 2.80 bits per heavy atom. The van der Waals surface area contributed by atoms with Crippen LogP contribution in [0, 0.1) is 10.1 Å². The Morgan fingerprint density at radius 2 is 2.12 bits per heavy atom. The van der Waals surface area contributed by atoms with Crippen molar-refractivity contribution in [3.05, 3.63) is 46.1 Å². The quantitative estimate of drug-likeness (QED) is 0.578. The lowest BCUT2D eigenvalue weighted by Gasteiger charge is -2.37. The van der Waals surface area contributed by atoms with Gasteiger partial charge >= 0.3 is 0 Å². The molecule has 0 N–H and O–H groups in total. The summed E-state index contributed by atoms with van der Waals surface area (Å²) in [6, 6.07) is 6.77.